The molecule has 1 unspecified atom stereocenters. The molecule has 0 saturated carbocycles. The lowest BCUT2D eigenvalue weighted by Crippen LogP contribution is -2.34. The lowest BCUT2D eigenvalue weighted by molar-refractivity contribution is -0.115. The van der Waals surface area contributed by atoms with Gasteiger partial charge in [0.2, 0.25) is 5.91 Å². The van der Waals surface area contributed by atoms with E-state index in [1.165, 1.54) is 0 Å². The Kier molecular flexibility index (Phi) is 7.36. The van der Waals surface area contributed by atoms with Crippen molar-refractivity contribution in [2.75, 3.05) is 31.0 Å². The molecule has 0 aliphatic carbocycles. The quantitative estimate of drug-likeness (QED) is 0.768. The Hall–Kier alpha value is -1.20. The summed E-state index contributed by atoms with van der Waals surface area (Å²) in [5, 5.41) is 6.05. The number of amides is 1. The average molecular weight is 282 g/mol. The molecule has 5 heteroatoms. The maximum absolute atomic E-state index is 11.7. The number of methoxy groups -OCH3 is 1. The molecule has 4 nitrogen and oxygen atoms in total. The highest BCUT2D eigenvalue weighted by Gasteiger charge is 2.05. The fourth-order valence-electron chi connectivity index (χ4n) is 1.54. The van der Waals surface area contributed by atoms with E-state index < -0.39 is 0 Å². The number of thioether (sulfide) groups is 1. The summed E-state index contributed by atoms with van der Waals surface area (Å²) in [6, 6.07) is 7.66. The van der Waals surface area contributed by atoms with Crippen molar-refractivity contribution in [1.82, 2.24) is 5.32 Å². The maximum atomic E-state index is 11.7. The predicted molar refractivity (Wildman–Crippen MR) is 82.1 cm³/mol. The van der Waals surface area contributed by atoms with Gasteiger partial charge in [-0.05, 0) is 49.6 Å². The number of hydrogen-bond acceptors (Lipinski definition) is 4. The standard InChI is InChI=1S/C14H22N2O2S/c1-11(8-9-19-3)15-10-14(17)16-12-4-6-13(18-2)7-5-12/h4-7,11,15H,8-10H2,1-3H3,(H,16,17). The first kappa shape index (κ1) is 15.9. The van der Waals surface area contributed by atoms with Crippen molar-refractivity contribution in [3.05, 3.63) is 24.3 Å². The van der Waals surface area contributed by atoms with E-state index in [2.05, 4.69) is 23.8 Å². The van der Waals surface area contributed by atoms with Gasteiger partial charge in [-0.2, -0.15) is 11.8 Å². The molecule has 2 N–H and O–H groups in total. The topological polar surface area (TPSA) is 50.4 Å². The second-order valence-corrected chi connectivity index (χ2v) is 5.33. The van der Waals surface area contributed by atoms with Gasteiger partial charge in [-0.25, -0.2) is 0 Å². The maximum Gasteiger partial charge on any atom is 0.238 e. The highest BCUT2D eigenvalue weighted by atomic mass is 32.2. The van der Waals surface area contributed by atoms with Crippen LogP contribution in [0.4, 0.5) is 5.69 Å². The molecule has 0 spiro atoms. The molecule has 1 aromatic rings. The first-order valence-electron chi connectivity index (χ1n) is 6.32. The van der Waals surface area contributed by atoms with E-state index in [4.69, 9.17) is 4.74 Å². The summed E-state index contributed by atoms with van der Waals surface area (Å²) in [6.45, 7) is 2.43. The van der Waals surface area contributed by atoms with Gasteiger partial charge in [-0.15, -0.1) is 0 Å². The van der Waals surface area contributed by atoms with Crippen LogP contribution in [-0.2, 0) is 4.79 Å². The SMILES string of the molecule is COc1ccc(NC(=O)CNC(C)CCSC)cc1. The second kappa shape index (κ2) is 8.82. The van der Waals surface area contributed by atoms with Gasteiger partial charge in [-0.1, -0.05) is 0 Å². The molecule has 0 fully saturated rings. The average Bonchev–Trinajstić information content (AvgIpc) is 2.43. The van der Waals surface area contributed by atoms with Gasteiger partial charge in [0.1, 0.15) is 5.75 Å². The van der Waals surface area contributed by atoms with Gasteiger partial charge >= 0.3 is 0 Å². The van der Waals surface area contributed by atoms with Crippen LogP contribution in [-0.4, -0.2) is 37.6 Å². The number of ether oxygens (including phenoxy) is 1. The van der Waals surface area contributed by atoms with Crippen LogP contribution in [0.5, 0.6) is 5.75 Å². The number of carbonyl (C=O) groups excluding carboxylic acids is 1. The fraction of sp³-hybridized carbons (Fsp3) is 0.500. The Bertz CT molecular complexity index is 382. The molecule has 1 atom stereocenters. The molecule has 0 radical (unpaired) electrons. The number of nitrogens with one attached hydrogen (secondary N) is 2. The summed E-state index contributed by atoms with van der Waals surface area (Å²) < 4.78 is 5.06. The molecule has 0 bridgehead atoms. The Balaban J connectivity index is 2.30. The summed E-state index contributed by atoms with van der Waals surface area (Å²) in [5.74, 6) is 1.86. The van der Waals surface area contributed by atoms with Gasteiger partial charge in [-0.3, -0.25) is 4.79 Å². The largest absolute Gasteiger partial charge is 0.497 e. The first-order chi connectivity index (χ1) is 9.15. The molecule has 0 aliphatic heterocycles. The summed E-state index contributed by atoms with van der Waals surface area (Å²) in [5.41, 5.74) is 0.782. The van der Waals surface area contributed by atoms with Crippen LogP contribution in [0.15, 0.2) is 24.3 Å². The predicted octanol–water partition coefficient (Wildman–Crippen LogP) is 2.36. The molecule has 1 amide bonds. The van der Waals surface area contributed by atoms with Crippen molar-refractivity contribution in [3.8, 4) is 5.75 Å². The molecule has 1 rings (SSSR count). The monoisotopic (exact) mass is 282 g/mol. The third kappa shape index (κ3) is 6.50. The molecule has 0 saturated heterocycles. The number of benzene rings is 1. The summed E-state index contributed by atoms with van der Waals surface area (Å²) in [6.07, 6.45) is 3.15. The zero-order valence-corrected chi connectivity index (χ0v) is 12.5. The lowest BCUT2D eigenvalue weighted by atomic mass is 10.2. The van der Waals surface area contributed by atoms with Gasteiger partial charge < -0.3 is 15.4 Å². The minimum Gasteiger partial charge on any atom is -0.497 e. The van der Waals surface area contributed by atoms with Crippen molar-refractivity contribution < 1.29 is 9.53 Å². The number of hydrogen-bond donors (Lipinski definition) is 2. The molecule has 106 valence electrons. The summed E-state index contributed by atoms with van der Waals surface area (Å²) in [4.78, 5) is 11.7. The Morgan fingerprint density at radius 3 is 2.63 bits per heavy atom. The van der Waals surface area contributed by atoms with Gasteiger partial charge in [0, 0.05) is 11.7 Å². The van der Waals surface area contributed by atoms with E-state index >= 15 is 0 Å². The van der Waals surface area contributed by atoms with E-state index in [9.17, 15) is 4.79 Å². The zero-order valence-electron chi connectivity index (χ0n) is 11.7. The Morgan fingerprint density at radius 1 is 1.37 bits per heavy atom. The number of rotatable bonds is 8. The molecule has 0 aromatic heterocycles. The van der Waals surface area contributed by atoms with Crippen LogP contribution in [0, 0.1) is 0 Å². The van der Waals surface area contributed by atoms with Crippen LogP contribution in [0.25, 0.3) is 0 Å². The third-order valence-corrected chi connectivity index (χ3v) is 3.38. The molecular weight excluding hydrogens is 260 g/mol. The molecule has 19 heavy (non-hydrogen) atoms. The van der Waals surface area contributed by atoms with Crippen LogP contribution in [0.1, 0.15) is 13.3 Å². The Labute approximate surface area is 119 Å². The second-order valence-electron chi connectivity index (χ2n) is 4.34. The first-order valence-corrected chi connectivity index (χ1v) is 7.71. The highest BCUT2D eigenvalue weighted by Crippen LogP contribution is 2.14. The zero-order chi connectivity index (χ0) is 14.1. The van der Waals surface area contributed by atoms with E-state index in [-0.39, 0.29) is 5.91 Å². The third-order valence-electron chi connectivity index (χ3n) is 2.74. The minimum absolute atomic E-state index is 0.0267. The number of anilines is 1. The van der Waals surface area contributed by atoms with Crippen molar-refractivity contribution in [1.29, 1.82) is 0 Å². The fourth-order valence-corrected chi connectivity index (χ4v) is 2.13. The van der Waals surface area contributed by atoms with Gasteiger partial charge in [0.05, 0.1) is 13.7 Å². The van der Waals surface area contributed by atoms with Crippen molar-refractivity contribution >= 4 is 23.4 Å². The minimum atomic E-state index is -0.0267. The molecular formula is C14H22N2O2S. The van der Waals surface area contributed by atoms with E-state index in [1.807, 2.05) is 36.0 Å². The lowest BCUT2D eigenvalue weighted by Gasteiger charge is -2.13. The smallest absolute Gasteiger partial charge is 0.238 e. The van der Waals surface area contributed by atoms with Crippen molar-refractivity contribution in [3.63, 3.8) is 0 Å². The molecule has 0 aliphatic rings. The van der Waals surface area contributed by atoms with Crippen LogP contribution in [0.2, 0.25) is 0 Å². The summed E-state index contributed by atoms with van der Waals surface area (Å²) >= 11 is 1.82. The van der Waals surface area contributed by atoms with E-state index in [0.717, 1.165) is 23.6 Å². The van der Waals surface area contributed by atoms with Crippen LogP contribution < -0.4 is 15.4 Å². The van der Waals surface area contributed by atoms with Gasteiger partial charge in [0.15, 0.2) is 0 Å². The van der Waals surface area contributed by atoms with E-state index in [0.29, 0.717) is 12.6 Å². The highest BCUT2D eigenvalue weighted by molar-refractivity contribution is 7.98. The van der Waals surface area contributed by atoms with Crippen LogP contribution >= 0.6 is 11.8 Å². The van der Waals surface area contributed by atoms with Crippen LogP contribution in [0.3, 0.4) is 0 Å². The van der Waals surface area contributed by atoms with Crippen molar-refractivity contribution in [2.45, 2.75) is 19.4 Å². The number of carbonyl (C=O) groups is 1. The Morgan fingerprint density at radius 2 is 2.05 bits per heavy atom. The van der Waals surface area contributed by atoms with E-state index in [1.54, 1.807) is 7.11 Å². The summed E-state index contributed by atoms with van der Waals surface area (Å²) in [7, 11) is 1.62. The van der Waals surface area contributed by atoms with Gasteiger partial charge in [0.25, 0.3) is 0 Å². The molecule has 0 heterocycles. The normalized spacial score (nSPS) is 11.9. The molecule has 1 aromatic carbocycles. The van der Waals surface area contributed by atoms with Crippen molar-refractivity contribution in [2.24, 2.45) is 0 Å².